The third-order valence-corrected chi connectivity index (χ3v) is 4.62. The molecule has 0 unspecified atom stereocenters. The van der Waals surface area contributed by atoms with Crippen LogP contribution >= 0.6 is 11.6 Å². The molecule has 1 fully saturated rings. The lowest BCUT2D eigenvalue weighted by Gasteiger charge is -2.33. The molecular formula is C17H26ClN3O. The van der Waals surface area contributed by atoms with E-state index in [2.05, 4.69) is 22.5 Å². The van der Waals surface area contributed by atoms with Crippen LogP contribution in [0.5, 0.6) is 0 Å². The molecule has 2 amide bonds. The molecule has 4 nitrogen and oxygen atoms in total. The van der Waals surface area contributed by atoms with Crippen molar-refractivity contribution >= 4 is 23.3 Å². The summed E-state index contributed by atoms with van der Waals surface area (Å²) in [5.41, 5.74) is 1.65. The van der Waals surface area contributed by atoms with Crippen molar-refractivity contribution in [2.24, 2.45) is 0 Å². The second-order valence-corrected chi connectivity index (χ2v) is 6.45. The quantitative estimate of drug-likeness (QED) is 0.803. The van der Waals surface area contributed by atoms with Crippen LogP contribution in [-0.2, 0) is 0 Å². The number of anilines is 1. The van der Waals surface area contributed by atoms with Gasteiger partial charge in [-0.2, -0.15) is 0 Å². The van der Waals surface area contributed by atoms with Gasteiger partial charge in [0.05, 0.1) is 10.7 Å². The summed E-state index contributed by atoms with van der Waals surface area (Å²) in [7, 11) is 0. The average Bonchev–Trinajstić information content (AvgIpc) is 2.49. The number of halogens is 1. The van der Waals surface area contributed by atoms with Crippen LogP contribution in [0.4, 0.5) is 10.5 Å². The van der Waals surface area contributed by atoms with Crippen molar-refractivity contribution in [2.75, 3.05) is 25.0 Å². The van der Waals surface area contributed by atoms with Gasteiger partial charge in [0.1, 0.15) is 0 Å². The largest absolute Gasteiger partial charge is 0.338 e. The fraction of sp³-hybridized carbons (Fsp3) is 0.588. The zero-order valence-corrected chi connectivity index (χ0v) is 14.2. The first-order valence-corrected chi connectivity index (χ1v) is 8.49. The molecule has 0 bridgehead atoms. The zero-order valence-electron chi connectivity index (χ0n) is 13.5. The molecule has 22 heavy (non-hydrogen) atoms. The first-order chi connectivity index (χ1) is 10.6. The number of hydrogen-bond donors (Lipinski definition) is 2. The van der Waals surface area contributed by atoms with Gasteiger partial charge >= 0.3 is 6.03 Å². The van der Waals surface area contributed by atoms with Crippen LogP contribution < -0.4 is 10.6 Å². The minimum atomic E-state index is -0.192. The van der Waals surface area contributed by atoms with Crippen LogP contribution in [0.1, 0.15) is 38.2 Å². The highest BCUT2D eigenvalue weighted by Crippen LogP contribution is 2.24. The van der Waals surface area contributed by atoms with E-state index in [9.17, 15) is 4.79 Å². The average molecular weight is 324 g/mol. The predicted molar refractivity (Wildman–Crippen MR) is 92.7 cm³/mol. The third kappa shape index (κ3) is 4.89. The topological polar surface area (TPSA) is 44.4 Å². The van der Waals surface area contributed by atoms with Gasteiger partial charge in [0, 0.05) is 19.1 Å². The summed E-state index contributed by atoms with van der Waals surface area (Å²) in [6, 6.07) is 6.07. The van der Waals surface area contributed by atoms with E-state index in [0.717, 1.165) is 18.5 Å². The lowest BCUT2D eigenvalue weighted by atomic mass is 10.0. The lowest BCUT2D eigenvalue weighted by Crippen LogP contribution is -2.39. The van der Waals surface area contributed by atoms with Gasteiger partial charge in [-0.15, -0.1) is 0 Å². The Kier molecular flexibility index (Phi) is 6.52. The summed E-state index contributed by atoms with van der Waals surface area (Å²) in [6.07, 6.45) is 4.90. The van der Waals surface area contributed by atoms with Gasteiger partial charge in [-0.25, -0.2) is 4.79 Å². The standard InChI is InChI=1S/C17H26ClN3O/c1-13-7-5-9-15(18)16(13)20-17(22)19-10-6-12-21-11-4-3-8-14(21)2/h5,7,9,14H,3-4,6,8,10-12H2,1-2H3,(H2,19,20,22)/t14-/m0/s1. The van der Waals surface area contributed by atoms with Gasteiger partial charge in [-0.3, -0.25) is 0 Å². The number of carbonyl (C=O) groups is 1. The van der Waals surface area contributed by atoms with Crippen molar-refractivity contribution in [1.82, 2.24) is 10.2 Å². The van der Waals surface area contributed by atoms with Gasteiger partial charge < -0.3 is 15.5 Å². The molecule has 0 radical (unpaired) electrons. The Hall–Kier alpha value is -1.26. The van der Waals surface area contributed by atoms with Crippen molar-refractivity contribution in [3.05, 3.63) is 28.8 Å². The number of likely N-dealkylation sites (tertiary alicyclic amines) is 1. The lowest BCUT2D eigenvalue weighted by molar-refractivity contribution is 0.159. The minimum Gasteiger partial charge on any atom is -0.338 e. The van der Waals surface area contributed by atoms with Crippen molar-refractivity contribution < 1.29 is 4.79 Å². The molecule has 1 aromatic rings. The van der Waals surface area contributed by atoms with E-state index < -0.39 is 0 Å². The first kappa shape index (κ1) is 17.1. The van der Waals surface area contributed by atoms with E-state index in [1.54, 1.807) is 6.07 Å². The third-order valence-electron chi connectivity index (χ3n) is 4.31. The Balaban J connectivity index is 1.70. The number of carbonyl (C=O) groups excluding carboxylic acids is 1. The summed E-state index contributed by atoms with van der Waals surface area (Å²) in [5.74, 6) is 0. The van der Waals surface area contributed by atoms with E-state index in [-0.39, 0.29) is 6.03 Å². The molecule has 0 saturated carbocycles. The number of amides is 2. The highest BCUT2D eigenvalue weighted by Gasteiger charge is 2.17. The molecule has 1 saturated heterocycles. The fourth-order valence-electron chi connectivity index (χ4n) is 2.92. The first-order valence-electron chi connectivity index (χ1n) is 8.12. The normalized spacial score (nSPS) is 19.0. The van der Waals surface area contributed by atoms with Crippen molar-refractivity contribution in [3.8, 4) is 0 Å². The highest BCUT2D eigenvalue weighted by atomic mass is 35.5. The number of piperidine rings is 1. The molecule has 2 N–H and O–H groups in total. The van der Waals surface area contributed by atoms with Crippen LogP contribution in [-0.4, -0.2) is 36.6 Å². The Morgan fingerprint density at radius 3 is 2.95 bits per heavy atom. The number of para-hydroxylation sites is 1. The minimum absolute atomic E-state index is 0.192. The second kappa shape index (κ2) is 8.39. The molecule has 2 rings (SSSR count). The molecule has 5 heteroatoms. The van der Waals surface area contributed by atoms with Gasteiger partial charge in [-0.05, 0) is 51.3 Å². The summed E-state index contributed by atoms with van der Waals surface area (Å²) < 4.78 is 0. The van der Waals surface area contributed by atoms with E-state index in [4.69, 9.17) is 11.6 Å². The summed E-state index contributed by atoms with van der Waals surface area (Å²) in [5, 5.41) is 6.30. The number of rotatable bonds is 5. The fourth-order valence-corrected chi connectivity index (χ4v) is 3.19. The number of hydrogen-bond acceptors (Lipinski definition) is 2. The molecule has 122 valence electrons. The predicted octanol–water partition coefficient (Wildman–Crippen LogP) is 4.03. The summed E-state index contributed by atoms with van der Waals surface area (Å²) in [6.45, 7) is 7.13. The molecule has 0 spiro atoms. The Morgan fingerprint density at radius 1 is 1.41 bits per heavy atom. The number of nitrogens with one attached hydrogen (secondary N) is 2. The Morgan fingerprint density at radius 2 is 2.23 bits per heavy atom. The maximum absolute atomic E-state index is 11.9. The Labute approximate surface area is 138 Å². The maximum Gasteiger partial charge on any atom is 0.319 e. The molecule has 0 aliphatic carbocycles. The number of urea groups is 1. The van der Waals surface area contributed by atoms with Crippen LogP contribution in [0.15, 0.2) is 18.2 Å². The van der Waals surface area contributed by atoms with Crippen LogP contribution in [0.25, 0.3) is 0 Å². The van der Waals surface area contributed by atoms with Crippen LogP contribution in [0.2, 0.25) is 5.02 Å². The van der Waals surface area contributed by atoms with Crippen molar-refractivity contribution in [1.29, 1.82) is 0 Å². The molecule has 1 aromatic carbocycles. The van der Waals surface area contributed by atoms with E-state index >= 15 is 0 Å². The molecule has 1 aliphatic rings. The number of aryl methyl sites for hydroxylation is 1. The molecule has 0 aromatic heterocycles. The van der Waals surface area contributed by atoms with Crippen LogP contribution in [0.3, 0.4) is 0 Å². The van der Waals surface area contributed by atoms with Crippen molar-refractivity contribution in [3.63, 3.8) is 0 Å². The second-order valence-electron chi connectivity index (χ2n) is 6.05. The van der Waals surface area contributed by atoms with Crippen molar-refractivity contribution in [2.45, 2.75) is 45.6 Å². The molecular weight excluding hydrogens is 298 g/mol. The molecule has 1 heterocycles. The van der Waals surface area contributed by atoms with E-state index in [1.165, 1.54) is 25.8 Å². The SMILES string of the molecule is Cc1cccc(Cl)c1NC(=O)NCCCN1CCCC[C@@H]1C. The smallest absolute Gasteiger partial charge is 0.319 e. The van der Waals surface area contributed by atoms with Gasteiger partial charge in [0.2, 0.25) is 0 Å². The van der Waals surface area contributed by atoms with Crippen LogP contribution in [0, 0.1) is 6.92 Å². The summed E-state index contributed by atoms with van der Waals surface area (Å²) in [4.78, 5) is 14.5. The number of benzene rings is 1. The monoisotopic (exact) mass is 323 g/mol. The highest BCUT2D eigenvalue weighted by molar-refractivity contribution is 6.33. The van der Waals surface area contributed by atoms with E-state index in [1.807, 2.05) is 19.1 Å². The van der Waals surface area contributed by atoms with Gasteiger partial charge in [0.25, 0.3) is 0 Å². The zero-order chi connectivity index (χ0) is 15.9. The van der Waals surface area contributed by atoms with E-state index in [0.29, 0.717) is 23.3 Å². The van der Waals surface area contributed by atoms with Gasteiger partial charge in [-0.1, -0.05) is 30.2 Å². The maximum atomic E-state index is 11.9. The summed E-state index contributed by atoms with van der Waals surface area (Å²) >= 11 is 6.10. The molecule has 1 atom stereocenters. The van der Waals surface area contributed by atoms with Gasteiger partial charge in [0.15, 0.2) is 0 Å². The Bertz CT molecular complexity index is 486. The molecule has 1 aliphatic heterocycles. The number of nitrogens with zero attached hydrogens (tertiary/aromatic N) is 1.